The first-order valence-corrected chi connectivity index (χ1v) is 9.11. The average molecular weight is 299 g/mol. The van der Waals surface area contributed by atoms with E-state index in [1.54, 1.807) is 0 Å². The van der Waals surface area contributed by atoms with Crippen molar-refractivity contribution in [3.63, 3.8) is 0 Å². The molecule has 1 heterocycles. The molecule has 1 fully saturated rings. The van der Waals surface area contributed by atoms with E-state index in [9.17, 15) is 0 Å². The second-order valence-corrected chi connectivity index (χ2v) is 6.90. The molecule has 0 spiro atoms. The Kier molecular flexibility index (Phi) is 4.77. The van der Waals surface area contributed by atoms with Crippen LogP contribution in [-0.4, -0.2) is 6.54 Å². The predicted octanol–water partition coefficient (Wildman–Crippen LogP) is 5.28. The lowest BCUT2D eigenvalue weighted by Gasteiger charge is -2.26. The summed E-state index contributed by atoms with van der Waals surface area (Å²) in [4.78, 5) is 1.48. The lowest BCUT2D eigenvalue weighted by Crippen LogP contribution is -2.22. The Morgan fingerprint density at radius 3 is 2.48 bits per heavy atom. The van der Waals surface area contributed by atoms with Gasteiger partial charge in [-0.15, -0.1) is 11.3 Å². The quantitative estimate of drug-likeness (QED) is 0.765. The number of hydrogen-bond donors (Lipinski definition) is 1. The minimum atomic E-state index is 0.348. The summed E-state index contributed by atoms with van der Waals surface area (Å²) in [5, 5.41) is 5.89. The molecule has 1 atom stereocenters. The lowest BCUT2D eigenvalue weighted by atomic mass is 9.80. The first kappa shape index (κ1) is 14.8. The predicted molar refractivity (Wildman–Crippen MR) is 92.3 cm³/mol. The number of rotatable bonds is 6. The molecule has 1 saturated carbocycles. The van der Waals surface area contributed by atoms with Gasteiger partial charge in [0.2, 0.25) is 0 Å². The van der Waals surface area contributed by atoms with E-state index < -0.39 is 0 Å². The van der Waals surface area contributed by atoms with Crippen LogP contribution in [0.5, 0.6) is 0 Å². The molecular weight excluding hydrogens is 274 g/mol. The van der Waals surface area contributed by atoms with E-state index in [1.807, 2.05) is 11.3 Å². The average Bonchev–Trinajstić information content (AvgIpc) is 2.92. The summed E-state index contributed by atoms with van der Waals surface area (Å²) >= 11 is 1.88. The molecule has 1 aliphatic carbocycles. The van der Waals surface area contributed by atoms with Crippen LogP contribution in [0.1, 0.15) is 66.6 Å². The molecule has 1 unspecified atom stereocenters. The van der Waals surface area contributed by atoms with Crippen molar-refractivity contribution in [3.8, 4) is 0 Å². The summed E-state index contributed by atoms with van der Waals surface area (Å²) in [6, 6.07) is 12.0. The minimum Gasteiger partial charge on any atom is -0.306 e. The summed E-state index contributed by atoms with van der Waals surface area (Å²) < 4.78 is 0. The van der Waals surface area contributed by atoms with Gasteiger partial charge in [0.1, 0.15) is 0 Å². The van der Waals surface area contributed by atoms with E-state index in [-0.39, 0.29) is 0 Å². The zero-order valence-corrected chi connectivity index (χ0v) is 13.9. The first-order valence-electron chi connectivity index (χ1n) is 8.23. The maximum atomic E-state index is 3.66. The van der Waals surface area contributed by atoms with Gasteiger partial charge in [-0.1, -0.05) is 44.5 Å². The van der Waals surface area contributed by atoms with E-state index in [1.165, 1.54) is 40.8 Å². The topological polar surface area (TPSA) is 12.0 Å². The number of nitrogens with one attached hydrogen (secondary N) is 1. The smallest absolute Gasteiger partial charge is 0.0673 e. The van der Waals surface area contributed by atoms with E-state index in [2.05, 4.69) is 54.9 Å². The van der Waals surface area contributed by atoms with Crippen molar-refractivity contribution in [2.45, 2.75) is 51.5 Å². The fourth-order valence-electron chi connectivity index (χ4n) is 3.16. The molecule has 1 aromatic carbocycles. The molecule has 3 rings (SSSR count). The van der Waals surface area contributed by atoms with Crippen molar-refractivity contribution in [1.29, 1.82) is 0 Å². The van der Waals surface area contributed by atoms with Crippen LogP contribution in [0.15, 0.2) is 35.7 Å². The van der Waals surface area contributed by atoms with Crippen LogP contribution in [0.25, 0.3) is 0 Å². The van der Waals surface area contributed by atoms with Gasteiger partial charge in [0.25, 0.3) is 0 Å². The Balaban J connectivity index is 1.86. The van der Waals surface area contributed by atoms with Gasteiger partial charge in [-0.25, -0.2) is 0 Å². The highest BCUT2D eigenvalue weighted by Crippen LogP contribution is 2.37. The molecule has 0 radical (unpaired) electrons. The molecule has 1 N–H and O–H groups in total. The van der Waals surface area contributed by atoms with E-state index >= 15 is 0 Å². The van der Waals surface area contributed by atoms with E-state index in [0.717, 1.165) is 18.9 Å². The van der Waals surface area contributed by atoms with Crippen molar-refractivity contribution in [3.05, 3.63) is 57.3 Å². The van der Waals surface area contributed by atoms with Crippen LogP contribution < -0.4 is 5.32 Å². The summed E-state index contributed by atoms with van der Waals surface area (Å²) in [7, 11) is 0. The third-order valence-electron chi connectivity index (χ3n) is 4.68. The molecule has 0 bridgehead atoms. The summed E-state index contributed by atoms with van der Waals surface area (Å²) in [6.45, 7) is 5.43. The molecule has 1 nitrogen and oxygen atoms in total. The summed E-state index contributed by atoms with van der Waals surface area (Å²) in [5.41, 5.74) is 4.41. The summed E-state index contributed by atoms with van der Waals surface area (Å²) in [5.74, 6) is 0.824. The largest absolute Gasteiger partial charge is 0.306 e. The molecule has 1 aromatic heterocycles. The van der Waals surface area contributed by atoms with Crippen molar-refractivity contribution < 1.29 is 0 Å². The molecule has 21 heavy (non-hydrogen) atoms. The lowest BCUT2D eigenvalue weighted by molar-refractivity contribution is 0.419. The SMILES string of the molecule is CCNC(c1ccc(C2CCC2)cc1)c1sccc1CC. The second-order valence-electron chi connectivity index (χ2n) is 5.95. The van der Waals surface area contributed by atoms with Crippen LogP contribution in [0.4, 0.5) is 0 Å². The third-order valence-corrected chi connectivity index (χ3v) is 5.70. The van der Waals surface area contributed by atoms with Crippen molar-refractivity contribution in [1.82, 2.24) is 5.32 Å². The monoisotopic (exact) mass is 299 g/mol. The van der Waals surface area contributed by atoms with Crippen LogP contribution in [0, 0.1) is 0 Å². The Morgan fingerprint density at radius 1 is 1.14 bits per heavy atom. The molecule has 0 saturated heterocycles. The van der Waals surface area contributed by atoms with E-state index in [0.29, 0.717) is 6.04 Å². The molecule has 2 heteroatoms. The van der Waals surface area contributed by atoms with Gasteiger partial charge in [-0.3, -0.25) is 0 Å². The maximum Gasteiger partial charge on any atom is 0.0673 e. The second kappa shape index (κ2) is 6.76. The fourth-order valence-corrected chi connectivity index (χ4v) is 4.26. The highest BCUT2D eigenvalue weighted by molar-refractivity contribution is 7.10. The minimum absolute atomic E-state index is 0.348. The maximum absolute atomic E-state index is 3.66. The van der Waals surface area contributed by atoms with Crippen LogP contribution in [0.3, 0.4) is 0 Å². The Labute approximate surface area is 132 Å². The Hall–Kier alpha value is -1.12. The number of benzene rings is 1. The molecule has 112 valence electrons. The zero-order valence-electron chi connectivity index (χ0n) is 13.1. The number of thiophene rings is 1. The third kappa shape index (κ3) is 3.07. The summed E-state index contributed by atoms with van der Waals surface area (Å²) in [6.07, 6.45) is 5.27. The van der Waals surface area contributed by atoms with Gasteiger partial charge in [-0.05, 0) is 59.9 Å². The molecule has 1 aliphatic rings. The highest BCUT2D eigenvalue weighted by atomic mass is 32.1. The standard InChI is InChI=1S/C19H25NS/c1-3-14-12-13-21-19(14)18(20-4-2)17-10-8-16(9-11-17)15-6-5-7-15/h8-13,15,18,20H,3-7H2,1-2H3. The van der Waals surface area contributed by atoms with Gasteiger partial charge in [0, 0.05) is 4.88 Å². The number of aryl methyl sites for hydroxylation is 1. The molecule has 0 aliphatic heterocycles. The van der Waals surface area contributed by atoms with Crippen molar-refractivity contribution in [2.75, 3.05) is 6.54 Å². The highest BCUT2D eigenvalue weighted by Gasteiger charge is 2.21. The molecule has 2 aromatic rings. The Bertz CT molecular complexity index is 566. The zero-order chi connectivity index (χ0) is 14.7. The van der Waals surface area contributed by atoms with Gasteiger partial charge < -0.3 is 5.32 Å². The first-order chi connectivity index (χ1) is 10.3. The van der Waals surface area contributed by atoms with Crippen molar-refractivity contribution >= 4 is 11.3 Å². The van der Waals surface area contributed by atoms with Crippen molar-refractivity contribution in [2.24, 2.45) is 0 Å². The van der Waals surface area contributed by atoms with E-state index in [4.69, 9.17) is 0 Å². The number of hydrogen-bond acceptors (Lipinski definition) is 2. The molecular formula is C19H25NS. The normalized spacial score (nSPS) is 16.7. The Morgan fingerprint density at radius 2 is 1.90 bits per heavy atom. The fraction of sp³-hybridized carbons (Fsp3) is 0.474. The van der Waals surface area contributed by atoms with Gasteiger partial charge in [0.15, 0.2) is 0 Å². The van der Waals surface area contributed by atoms with Crippen LogP contribution in [0.2, 0.25) is 0 Å². The van der Waals surface area contributed by atoms with Gasteiger partial charge >= 0.3 is 0 Å². The van der Waals surface area contributed by atoms with Crippen LogP contribution in [-0.2, 0) is 6.42 Å². The van der Waals surface area contributed by atoms with Gasteiger partial charge in [0.05, 0.1) is 6.04 Å². The molecule has 0 amide bonds. The van der Waals surface area contributed by atoms with Crippen LogP contribution >= 0.6 is 11.3 Å². The van der Waals surface area contributed by atoms with Gasteiger partial charge in [-0.2, -0.15) is 0 Å².